The molecule has 0 aliphatic heterocycles. The molecule has 7 rings (SSSR count). The molecule has 1 aliphatic rings. The standard InChI is InChI=1S/C38H37N5O2S/c1-2-27-17-21-31(22-18-27)42-36(39-34-16-10-9-15-33(34)37(42)44)26-46-38-41-40-35(43(38)30-13-7-4-8-14-30)25-45-32-23-19-29(20-24-32)28-11-5-3-6-12-28/h4,7-10,13-24,28H,2-3,5-6,11-12,25-26H2,1H3. The van der Waals surface area contributed by atoms with Crippen molar-refractivity contribution in [3.8, 4) is 17.1 Å². The van der Waals surface area contributed by atoms with E-state index in [9.17, 15) is 4.79 Å². The Balaban J connectivity index is 1.17. The van der Waals surface area contributed by atoms with Crippen molar-refractivity contribution in [2.45, 2.75) is 68.9 Å². The minimum Gasteiger partial charge on any atom is -0.486 e. The van der Waals surface area contributed by atoms with Crippen LogP contribution in [0.2, 0.25) is 0 Å². The lowest BCUT2D eigenvalue weighted by Gasteiger charge is -2.22. The Morgan fingerprint density at radius 3 is 2.24 bits per heavy atom. The van der Waals surface area contributed by atoms with Crippen LogP contribution in [0.15, 0.2) is 113 Å². The minimum atomic E-state index is -0.0847. The van der Waals surface area contributed by atoms with Gasteiger partial charge in [-0.2, -0.15) is 0 Å². The fraction of sp³-hybridized carbons (Fsp3) is 0.263. The average molecular weight is 628 g/mol. The van der Waals surface area contributed by atoms with Gasteiger partial charge < -0.3 is 4.74 Å². The largest absolute Gasteiger partial charge is 0.486 e. The van der Waals surface area contributed by atoms with E-state index in [0.29, 0.717) is 39.4 Å². The van der Waals surface area contributed by atoms with Gasteiger partial charge in [-0.15, -0.1) is 10.2 Å². The van der Waals surface area contributed by atoms with E-state index in [4.69, 9.17) is 9.72 Å². The fourth-order valence-electron chi connectivity index (χ4n) is 6.30. The molecular weight excluding hydrogens is 591 g/mol. The first-order valence-electron chi connectivity index (χ1n) is 16.1. The highest BCUT2D eigenvalue weighted by Gasteiger charge is 2.19. The van der Waals surface area contributed by atoms with E-state index in [0.717, 1.165) is 23.5 Å². The van der Waals surface area contributed by atoms with Crippen LogP contribution < -0.4 is 10.3 Å². The summed E-state index contributed by atoms with van der Waals surface area (Å²) in [7, 11) is 0. The average Bonchev–Trinajstić information content (AvgIpc) is 3.53. The van der Waals surface area contributed by atoms with Gasteiger partial charge in [0.25, 0.3) is 5.56 Å². The van der Waals surface area contributed by atoms with Gasteiger partial charge in [-0.25, -0.2) is 4.98 Å². The molecule has 0 N–H and O–H groups in total. The van der Waals surface area contributed by atoms with Crippen molar-refractivity contribution in [1.29, 1.82) is 0 Å². The Kier molecular flexibility index (Phi) is 8.96. The molecule has 1 fully saturated rings. The summed E-state index contributed by atoms with van der Waals surface area (Å²) in [6, 6.07) is 34.3. The second-order valence-electron chi connectivity index (χ2n) is 11.8. The van der Waals surface area contributed by atoms with Crippen molar-refractivity contribution < 1.29 is 4.74 Å². The summed E-state index contributed by atoms with van der Waals surface area (Å²) < 4.78 is 9.99. The van der Waals surface area contributed by atoms with E-state index < -0.39 is 0 Å². The summed E-state index contributed by atoms with van der Waals surface area (Å²) in [5.41, 5.74) is 4.95. The molecule has 7 nitrogen and oxygen atoms in total. The zero-order chi connectivity index (χ0) is 31.3. The summed E-state index contributed by atoms with van der Waals surface area (Å²) in [4.78, 5) is 18.8. The highest BCUT2D eigenvalue weighted by molar-refractivity contribution is 7.98. The lowest BCUT2D eigenvalue weighted by Crippen LogP contribution is -2.23. The third-order valence-electron chi connectivity index (χ3n) is 8.82. The van der Waals surface area contributed by atoms with Crippen molar-refractivity contribution in [3.63, 3.8) is 0 Å². The van der Waals surface area contributed by atoms with Gasteiger partial charge >= 0.3 is 0 Å². The number of benzene rings is 4. The van der Waals surface area contributed by atoms with Crippen LogP contribution in [0.1, 0.15) is 67.7 Å². The second kappa shape index (κ2) is 13.7. The summed E-state index contributed by atoms with van der Waals surface area (Å²) >= 11 is 1.50. The number of aryl methyl sites for hydroxylation is 1. The second-order valence-corrected chi connectivity index (χ2v) is 12.7. The molecule has 8 heteroatoms. The maximum atomic E-state index is 13.8. The first-order valence-corrected chi connectivity index (χ1v) is 17.1. The van der Waals surface area contributed by atoms with Gasteiger partial charge in [-0.05, 0) is 84.8 Å². The summed E-state index contributed by atoms with van der Waals surface area (Å²) in [5, 5.41) is 10.4. The number of ether oxygens (including phenoxy) is 1. The number of thioether (sulfide) groups is 1. The van der Waals surface area contributed by atoms with E-state index in [1.807, 2.05) is 71.3 Å². The number of para-hydroxylation sites is 2. The Morgan fingerprint density at radius 2 is 1.48 bits per heavy atom. The van der Waals surface area contributed by atoms with E-state index in [2.05, 4.69) is 53.5 Å². The molecular formula is C38H37N5O2S. The van der Waals surface area contributed by atoms with Gasteiger partial charge in [0.1, 0.15) is 18.2 Å². The Labute approximate surface area is 273 Å². The molecule has 1 aliphatic carbocycles. The lowest BCUT2D eigenvalue weighted by atomic mass is 9.84. The number of hydrogen-bond donors (Lipinski definition) is 0. The highest BCUT2D eigenvalue weighted by atomic mass is 32.2. The van der Waals surface area contributed by atoms with Crippen molar-refractivity contribution in [2.75, 3.05) is 0 Å². The van der Waals surface area contributed by atoms with Crippen LogP contribution in [-0.2, 0) is 18.8 Å². The number of aromatic nitrogens is 5. The predicted octanol–water partition coefficient (Wildman–Crippen LogP) is 8.45. The van der Waals surface area contributed by atoms with Crippen molar-refractivity contribution in [1.82, 2.24) is 24.3 Å². The molecule has 0 amide bonds. The van der Waals surface area contributed by atoms with Gasteiger partial charge in [0, 0.05) is 5.69 Å². The van der Waals surface area contributed by atoms with Gasteiger partial charge in [0.15, 0.2) is 11.0 Å². The minimum absolute atomic E-state index is 0.0847. The Hall–Kier alpha value is -4.69. The van der Waals surface area contributed by atoms with E-state index in [1.165, 1.54) is 55.0 Å². The van der Waals surface area contributed by atoms with Crippen molar-refractivity contribution in [2.24, 2.45) is 0 Å². The third-order valence-corrected chi connectivity index (χ3v) is 9.74. The molecule has 6 aromatic rings. The molecule has 1 saturated carbocycles. The van der Waals surface area contributed by atoms with Crippen molar-refractivity contribution >= 4 is 22.7 Å². The Morgan fingerprint density at radius 1 is 0.761 bits per heavy atom. The molecule has 0 bridgehead atoms. The highest BCUT2D eigenvalue weighted by Crippen LogP contribution is 2.33. The first kappa shape index (κ1) is 30.0. The smallest absolute Gasteiger partial charge is 0.265 e. The molecule has 4 aromatic carbocycles. The molecule has 46 heavy (non-hydrogen) atoms. The van der Waals surface area contributed by atoms with Crippen LogP contribution in [0.3, 0.4) is 0 Å². The Bertz CT molecular complexity index is 1980. The van der Waals surface area contributed by atoms with Crippen LogP contribution in [0.25, 0.3) is 22.3 Å². The molecule has 2 heterocycles. The third kappa shape index (κ3) is 6.35. The van der Waals surface area contributed by atoms with Crippen LogP contribution in [-0.4, -0.2) is 24.3 Å². The quantitative estimate of drug-likeness (QED) is 0.142. The van der Waals surface area contributed by atoms with Crippen LogP contribution in [0.4, 0.5) is 0 Å². The lowest BCUT2D eigenvalue weighted by molar-refractivity contribution is 0.292. The summed E-state index contributed by atoms with van der Waals surface area (Å²) in [6.07, 6.45) is 7.47. The molecule has 0 atom stereocenters. The van der Waals surface area contributed by atoms with Crippen LogP contribution in [0, 0.1) is 0 Å². The van der Waals surface area contributed by atoms with Crippen LogP contribution in [0.5, 0.6) is 5.75 Å². The van der Waals surface area contributed by atoms with Gasteiger partial charge in [-0.1, -0.05) is 92.5 Å². The molecule has 0 radical (unpaired) electrons. The zero-order valence-corrected chi connectivity index (χ0v) is 26.8. The molecule has 2 aromatic heterocycles. The first-order chi connectivity index (χ1) is 22.7. The molecule has 0 unspecified atom stereocenters. The van der Waals surface area contributed by atoms with E-state index in [-0.39, 0.29) is 12.2 Å². The topological polar surface area (TPSA) is 74.8 Å². The number of hydrogen-bond acceptors (Lipinski definition) is 6. The monoisotopic (exact) mass is 627 g/mol. The van der Waals surface area contributed by atoms with Crippen molar-refractivity contribution in [3.05, 3.63) is 136 Å². The van der Waals surface area contributed by atoms with Gasteiger partial charge in [-0.3, -0.25) is 13.9 Å². The van der Waals surface area contributed by atoms with Gasteiger partial charge in [0.05, 0.1) is 22.3 Å². The summed E-state index contributed by atoms with van der Waals surface area (Å²) in [5.74, 6) is 3.24. The fourth-order valence-corrected chi connectivity index (χ4v) is 7.19. The number of nitrogens with zero attached hydrogens (tertiary/aromatic N) is 5. The molecule has 0 saturated heterocycles. The normalized spacial score (nSPS) is 13.7. The summed E-state index contributed by atoms with van der Waals surface area (Å²) in [6.45, 7) is 2.39. The maximum absolute atomic E-state index is 13.8. The molecule has 232 valence electrons. The maximum Gasteiger partial charge on any atom is 0.265 e. The van der Waals surface area contributed by atoms with E-state index in [1.54, 1.807) is 4.57 Å². The molecule has 0 spiro atoms. The van der Waals surface area contributed by atoms with E-state index >= 15 is 0 Å². The van der Waals surface area contributed by atoms with Crippen LogP contribution >= 0.6 is 11.8 Å². The SMILES string of the molecule is CCc1ccc(-n2c(CSc3nnc(COc4ccc(C5CCCCC5)cc4)n3-c3ccccc3)nc3ccccc3c2=O)cc1. The predicted molar refractivity (Wildman–Crippen MR) is 184 cm³/mol. The zero-order valence-electron chi connectivity index (χ0n) is 26.0. The number of rotatable bonds is 10. The number of fused-ring (bicyclic) bond motifs is 1. The van der Waals surface area contributed by atoms with Gasteiger partial charge in [0.2, 0.25) is 0 Å².